The van der Waals surface area contributed by atoms with Gasteiger partial charge in [-0.3, -0.25) is 14.7 Å². The molecular weight excluding hydrogens is 527 g/mol. The van der Waals surface area contributed by atoms with Crippen LogP contribution in [0.3, 0.4) is 0 Å². The van der Waals surface area contributed by atoms with Crippen molar-refractivity contribution in [3.8, 4) is 16.8 Å². The second-order valence-corrected chi connectivity index (χ2v) is 10.1. The molecule has 0 bridgehead atoms. The van der Waals surface area contributed by atoms with Crippen LogP contribution < -0.4 is 21.5 Å². The van der Waals surface area contributed by atoms with Crippen molar-refractivity contribution in [2.75, 3.05) is 29.6 Å². The molecule has 3 aromatic heterocycles. The van der Waals surface area contributed by atoms with Crippen molar-refractivity contribution < 1.29 is 14.3 Å². The lowest BCUT2D eigenvalue weighted by atomic mass is 9.91. The van der Waals surface area contributed by atoms with Crippen LogP contribution in [0, 0.1) is 5.82 Å². The van der Waals surface area contributed by atoms with Crippen LogP contribution in [0.1, 0.15) is 19.5 Å². The summed E-state index contributed by atoms with van der Waals surface area (Å²) in [5.74, 6) is 0.0217. The molecule has 0 aliphatic heterocycles. The molecule has 0 saturated carbocycles. The summed E-state index contributed by atoms with van der Waals surface area (Å²) in [5, 5.41) is 23.2. The number of carbonyl (C=O) groups is 1. The fourth-order valence-electron chi connectivity index (χ4n) is 4.28. The number of urea groups is 1. The zero-order valence-corrected chi connectivity index (χ0v) is 22.9. The van der Waals surface area contributed by atoms with Gasteiger partial charge in [0.1, 0.15) is 17.3 Å². The van der Waals surface area contributed by atoms with Crippen LogP contribution in [0.15, 0.2) is 71.7 Å². The smallest absolute Gasteiger partial charge is 0.324 e. The molecule has 2 aromatic carbocycles. The SMILES string of the molecule is CNc1ncc2cc(-c3ccc(F)c(NC(=O)Nc4cc(C(C)(C)CO)nn4-c4ccccc4)c3)c(=O)n(C)c2n1. The Kier molecular flexibility index (Phi) is 7.24. The number of anilines is 3. The van der Waals surface area contributed by atoms with Crippen molar-refractivity contribution in [1.29, 1.82) is 0 Å². The molecule has 0 fully saturated rings. The second-order valence-electron chi connectivity index (χ2n) is 10.1. The number of aromatic nitrogens is 5. The molecule has 5 aromatic rings. The topological polar surface area (TPSA) is 139 Å². The van der Waals surface area contributed by atoms with E-state index in [4.69, 9.17) is 0 Å². The van der Waals surface area contributed by atoms with Gasteiger partial charge in [-0.15, -0.1) is 0 Å². The van der Waals surface area contributed by atoms with E-state index in [0.29, 0.717) is 45.3 Å². The third-order valence-corrected chi connectivity index (χ3v) is 6.74. The Labute approximate surface area is 234 Å². The van der Waals surface area contributed by atoms with Crippen LogP contribution in [-0.2, 0) is 12.5 Å². The summed E-state index contributed by atoms with van der Waals surface area (Å²) in [6, 6.07) is 15.8. The van der Waals surface area contributed by atoms with Crippen molar-refractivity contribution in [2.24, 2.45) is 7.05 Å². The molecule has 41 heavy (non-hydrogen) atoms. The van der Waals surface area contributed by atoms with Gasteiger partial charge in [0.05, 0.1) is 23.7 Å². The van der Waals surface area contributed by atoms with Gasteiger partial charge in [-0.25, -0.2) is 18.9 Å². The number of benzene rings is 2. The van der Waals surface area contributed by atoms with Crippen LogP contribution in [0.4, 0.5) is 26.6 Å². The first-order valence-electron chi connectivity index (χ1n) is 12.8. The van der Waals surface area contributed by atoms with Crippen molar-refractivity contribution in [3.05, 3.63) is 88.7 Å². The lowest BCUT2D eigenvalue weighted by Gasteiger charge is -2.18. The third kappa shape index (κ3) is 5.37. The predicted molar refractivity (Wildman–Crippen MR) is 156 cm³/mol. The second kappa shape index (κ2) is 10.8. The lowest BCUT2D eigenvalue weighted by Crippen LogP contribution is -2.22. The molecule has 0 aliphatic rings. The first-order valence-corrected chi connectivity index (χ1v) is 12.8. The minimum Gasteiger partial charge on any atom is -0.395 e. The number of fused-ring (bicyclic) bond motifs is 1. The molecule has 4 N–H and O–H groups in total. The molecule has 0 atom stereocenters. The summed E-state index contributed by atoms with van der Waals surface area (Å²) in [6.07, 6.45) is 1.59. The number of para-hydroxylation sites is 1. The molecule has 2 amide bonds. The molecule has 0 radical (unpaired) electrons. The van der Waals surface area contributed by atoms with Crippen LogP contribution in [-0.4, -0.2) is 49.1 Å². The van der Waals surface area contributed by atoms with E-state index in [0.717, 1.165) is 0 Å². The van der Waals surface area contributed by atoms with E-state index in [1.54, 1.807) is 37.1 Å². The van der Waals surface area contributed by atoms with Gasteiger partial charge in [-0.1, -0.05) is 38.1 Å². The van der Waals surface area contributed by atoms with E-state index < -0.39 is 17.3 Å². The van der Waals surface area contributed by atoms with Crippen molar-refractivity contribution in [2.45, 2.75) is 19.3 Å². The van der Waals surface area contributed by atoms with Crippen LogP contribution in [0.25, 0.3) is 27.8 Å². The maximum absolute atomic E-state index is 14.9. The molecule has 11 nitrogen and oxygen atoms in total. The summed E-state index contributed by atoms with van der Waals surface area (Å²) < 4.78 is 17.8. The number of pyridine rings is 1. The number of rotatable bonds is 7. The summed E-state index contributed by atoms with van der Waals surface area (Å²) >= 11 is 0. The minimum absolute atomic E-state index is 0.120. The molecule has 210 valence electrons. The van der Waals surface area contributed by atoms with E-state index in [-0.39, 0.29) is 17.9 Å². The number of aryl methyl sites for hydroxylation is 1. The zero-order chi connectivity index (χ0) is 29.3. The van der Waals surface area contributed by atoms with Crippen LogP contribution >= 0.6 is 0 Å². The normalized spacial score (nSPS) is 11.5. The largest absolute Gasteiger partial charge is 0.395 e. The van der Waals surface area contributed by atoms with Gasteiger partial charge in [0.15, 0.2) is 0 Å². The molecule has 5 rings (SSSR count). The highest BCUT2D eigenvalue weighted by Crippen LogP contribution is 2.28. The Balaban J connectivity index is 1.46. The number of nitrogens with zero attached hydrogens (tertiary/aromatic N) is 5. The Bertz CT molecular complexity index is 1810. The zero-order valence-electron chi connectivity index (χ0n) is 22.9. The summed E-state index contributed by atoms with van der Waals surface area (Å²) in [6.45, 7) is 3.51. The number of hydrogen-bond acceptors (Lipinski definition) is 7. The average Bonchev–Trinajstić information content (AvgIpc) is 3.41. The maximum Gasteiger partial charge on any atom is 0.324 e. The molecule has 0 aliphatic carbocycles. The van der Waals surface area contributed by atoms with Gasteiger partial charge in [-0.05, 0) is 35.9 Å². The number of halogens is 1. The maximum atomic E-state index is 14.9. The van der Waals surface area contributed by atoms with Crippen LogP contribution in [0.2, 0.25) is 0 Å². The lowest BCUT2D eigenvalue weighted by molar-refractivity contribution is 0.215. The summed E-state index contributed by atoms with van der Waals surface area (Å²) in [7, 11) is 3.28. The minimum atomic E-state index is -0.717. The van der Waals surface area contributed by atoms with E-state index >= 15 is 0 Å². The summed E-state index contributed by atoms with van der Waals surface area (Å²) in [5.41, 5.74) is 1.26. The predicted octanol–water partition coefficient (Wildman–Crippen LogP) is 4.28. The Morgan fingerprint density at radius 2 is 1.83 bits per heavy atom. The first-order chi connectivity index (χ1) is 19.6. The van der Waals surface area contributed by atoms with Gasteiger partial charge in [0.25, 0.3) is 5.56 Å². The van der Waals surface area contributed by atoms with Crippen molar-refractivity contribution >= 4 is 34.5 Å². The Morgan fingerprint density at radius 1 is 1.07 bits per heavy atom. The number of aliphatic hydroxyl groups excluding tert-OH is 1. The number of carbonyl (C=O) groups excluding carboxylic acids is 1. The van der Waals surface area contributed by atoms with Gasteiger partial charge in [-0.2, -0.15) is 10.1 Å². The van der Waals surface area contributed by atoms with E-state index in [1.807, 2.05) is 44.2 Å². The molecule has 0 unspecified atom stereocenters. The molecular formula is C29H29FN8O3. The fourth-order valence-corrected chi connectivity index (χ4v) is 4.28. The highest BCUT2D eigenvalue weighted by Gasteiger charge is 2.25. The first kappa shape index (κ1) is 27.5. The average molecular weight is 557 g/mol. The Hall–Kier alpha value is -5.10. The van der Waals surface area contributed by atoms with Crippen molar-refractivity contribution in [3.63, 3.8) is 0 Å². The number of aliphatic hydroxyl groups is 1. The number of nitrogens with one attached hydrogen (secondary N) is 3. The quantitative estimate of drug-likeness (QED) is 0.235. The molecule has 3 heterocycles. The third-order valence-electron chi connectivity index (χ3n) is 6.74. The number of hydrogen-bond donors (Lipinski definition) is 4. The van der Waals surface area contributed by atoms with Crippen molar-refractivity contribution in [1.82, 2.24) is 24.3 Å². The van der Waals surface area contributed by atoms with E-state index in [1.165, 1.54) is 22.8 Å². The highest BCUT2D eigenvalue weighted by molar-refractivity contribution is 6.00. The standard InChI is InChI=1S/C29H29FN8O3/c1-29(2,16-39)23-14-24(38(36-23)19-8-6-5-7-9-19)34-28(41)33-22-13-17(10-11-21(22)30)20-12-18-15-32-27(31-3)35-25(18)37(4)26(20)40/h5-15,39H,16H2,1-4H3,(H,31,32,35)(H2,33,34,41). The van der Waals surface area contributed by atoms with Gasteiger partial charge >= 0.3 is 6.03 Å². The van der Waals surface area contributed by atoms with E-state index in [9.17, 15) is 19.1 Å². The molecule has 0 saturated heterocycles. The van der Waals surface area contributed by atoms with Crippen LogP contribution in [0.5, 0.6) is 0 Å². The molecule has 12 heteroatoms. The Morgan fingerprint density at radius 3 is 2.54 bits per heavy atom. The fraction of sp³-hybridized carbons (Fsp3) is 0.207. The van der Waals surface area contributed by atoms with E-state index in [2.05, 4.69) is 31.0 Å². The van der Waals surface area contributed by atoms with Gasteiger partial charge in [0, 0.05) is 42.7 Å². The van der Waals surface area contributed by atoms with Gasteiger partial charge in [0.2, 0.25) is 5.95 Å². The van der Waals surface area contributed by atoms with Gasteiger partial charge < -0.3 is 15.7 Å². The number of amides is 2. The summed E-state index contributed by atoms with van der Waals surface area (Å²) in [4.78, 5) is 34.8. The monoisotopic (exact) mass is 556 g/mol. The highest BCUT2D eigenvalue weighted by atomic mass is 19.1. The molecule has 0 spiro atoms.